The van der Waals surface area contributed by atoms with Crippen molar-refractivity contribution in [2.24, 2.45) is 0 Å². The Morgan fingerprint density at radius 2 is 1.67 bits per heavy atom. The van der Waals surface area contributed by atoms with E-state index in [-0.39, 0.29) is 16.2 Å². The largest absolute Gasteiger partial charge is 0.350 e. The highest BCUT2D eigenvalue weighted by molar-refractivity contribution is 9.10. The molecule has 0 atom stereocenters. The van der Waals surface area contributed by atoms with Crippen molar-refractivity contribution in [3.05, 3.63) is 107 Å². The molecule has 0 saturated carbocycles. The molecule has 39 heavy (non-hydrogen) atoms. The number of carbonyl (C=O) groups is 1. The van der Waals surface area contributed by atoms with Gasteiger partial charge in [-0.3, -0.25) is 14.5 Å². The third-order valence-corrected chi connectivity index (χ3v) is 8.42. The first-order valence-corrected chi connectivity index (χ1v) is 14.6. The highest BCUT2D eigenvalue weighted by Gasteiger charge is 2.22. The van der Waals surface area contributed by atoms with E-state index in [0.29, 0.717) is 38.0 Å². The van der Waals surface area contributed by atoms with Crippen LogP contribution in [0.4, 0.5) is 11.4 Å². The predicted octanol–water partition coefficient (Wildman–Crippen LogP) is 7.34. The van der Waals surface area contributed by atoms with E-state index in [2.05, 4.69) is 56.7 Å². The Hall–Kier alpha value is -3.95. The smallest absolute Gasteiger partial charge is 0.272 e. The molecule has 0 fully saturated rings. The third-order valence-electron chi connectivity index (χ3n) is 6.39. The second-order valence-corrected chi connectivity index (χ2v) is 12.7. The first-order chi connectivity index (χ1) is 18.5. The van der Waals surface area contributed by atoms with Gasteiger partial charge in [-0.1, -0.05) is 63.2 Å². The van der Waals surface area contributed by atoms with Gasteiger partial charge in [-0.25, -0.2) is 8.42 Å². The molecular formula is C30H27BrN4O3S. The van der Waals surface area contributed by atoms with E-state index >= 15 is 0 Å². The maximum atomic E-state index is 13.4. The number of nitrogens with zero attached hydrogens (tertiary/aromatic N) is 1. The van der Waals surface area contributed by atoms with Gasteiger partial charge in [-0.15, -0.1) is 0 Å². The summed E-state index contributed by atoms with van der Waals surface area (Å²) in [5.41, 5.74) is 4.49. The number of aromatic nitrogens is 2. The number of halogens is 1. The van der Waals surface area contributed by atoms with E-state index in [4.69, 9.17) is 0 Å². The summed E-state index contributed by atoms with van der Waals surface area (Å²) in [7, 11) is -3.83. The normalized spacial score (nSPS) is 11.9. The quantitative estimate of drug-likeness (QED) is 0.189. The molecule has 0 bridgehead atoms. The molecule has 2 heterocycles. The van der Waals surface area contributed by atoms with Crippen LogP contribution >= 0.6 is 15.9 Å². The lowest BCUT2D eigenvalue weighted by molar-refractivity contribution is 0.102. The molecule has 0 saturated heterocycles. The Labute approximate surface area is 235 Å². The fourth-order valence-electron chi connectivity index (χ4n) is 4.34. The maximum Gasteiger partial charge on any atom is 0.272 e. The summed E-state index contributed by atoms with van der Waals surface area (Å²) in [5.74, 6) is -0.335. The second-order valence-electron chi connectivity index (χ2n) is 10.2. The first-order valence-electron chi connectivity index (χ1n) is 12.3. The molecule has 0 aliphatic carbocycles. The lowest BCUT2D eigenvalue weighted by atomic mass is 9.87. The van der Waals surface area contributed by atoms with E-state index in [1.165, 1.54) is 0 Å². The minimum absolute atomic E-state index is 0.0830. The molecule has 7 nitrogen and oxygen atoms in total. The van der Waals surface area contributed by atoms with E-state index in [1.807, 2.05) is 42.5 Å². The van der Waals surface area contributed by atoms with Crippen molar-refractivity contribution >= 4 is 54.1 Å². The van der Waals surface area contributed by atoms with E-state index in [0.717, 1.165) is 11.1 Å². The van der Waals surface area contributed by atoms with Crippen LogP contribution < -0.4 is 10.0 Å². The molecule has 0 unspecified atom stereocenters. The number of nitrogens with one attached hydrogen (secondary N) is 3. The number of carbonyl (C=O) groups excluding carboxylic acids is 1. The van der Waals surface area contributed by atoms with Gasteiger partial charge in [0.1, 0.15) is 5.69 Å². The number of H-pyrrole nitrogens is 1. The van der Waals surface area contributed by atoms with Crippen LogP contribution in [-0.2, 0) is 15.4 Å². The van der Waals surface area contributed by atoms with Crippen LogP contribution in [-0.4, -0.2) is 24.3 Å². The number of hydrogen-bond donors (Lipinski definition) is 3. The number of hydrogen-bond acceptors (Lipinski definition) is 4. The van der Waals surface area contributed by atoms with Crippen molar-refractivity contribution in [1.82, 2.24) is 9.97 Å². The molecule has 5 aromatic rings. The molecule has 0 spiro atoms. The standard InChI is InChI=1S/C30H27BrN4O3S/c1-30(2,3)20-9-12-22(13-10-20)39(37,38)35-21-11-14-25-23(17-21)27(19-7-5-4-6-8-19)28(33-25)29(36)34-26-15-16-32-18-24(26)31/h4-18,33,35H,1-3H3,(H,32,34,36). The molecule has 5 rings (SSSR count). The minimum Gasteiger partial charge on any atom is -0.350 e. The van der Waals surface area contributed by atoms with Crippen LogP contribution in [0.1, 0.15) is 36.8 Å². The molecule has 3 aromatic carbocycles. The number of aromatic amines is 1. The Kier molecular flexibility index (Phi) is 7.05. The molecule has 0 radical (unpaired) electrons. The summed E-state index contributed by atoms with van der Waals surface area (Å²) in [6, 6.07) is 23.3. The maximum absolute atomic E-state index is 13.4. The van der Waals surface area contributed by atoms with Gasteiger partial charge in [0.15, 0.2) is 0 Å². The minimum atomic E-state index is -3.83. The van der Waals surface area contributed by atoms with Crippen molar-refractivity contribution in [2.45, 2.75) is 31.1 Å². The van der Waals surface area contributed by atoms with Crippen molar-refractivity contribution in [3.63, 3.8) is 0 Å². The number of sulfonamides is 1. The molecule has 198 valence electrons. The van der Waals surface area contributed by atoms with Crippen molar-refractivity contribution in [1.29, 1.82) is 0 Å². The van der Waals surface area contributed by atoms with Gasteiger partial charge < -0.3 is 10.3 Å². The van der Waals surface area contributed by atoms with Gasteiger partial charge in [0.25, 0.3) is 15.9 Å². The Balaban J connectivity index is 1.54. The summed E-state index contributed by atoms with van der Waals surface area (Å²) in [4.78, 5) is 20.9. The van der Waals surface area contributed by atoms with Crippen LogP contribution in [0, 0.1) is 0 Å². The molecular weight excluding hydrogens is 576 g/mol. The third kappa shape index (κ3) is 5.60. The van der Waals surface area contributed by atoms with Gasteiger partial charge in [0.05, 0.1) is 15.1 Å². The molecule has 3 N–H and O–H groups in total. The van der Waals surface area contributed by atoms with Crippen LogP contribution in [0.2, 0.25) is 0 Å². The fraction of sp³-hybridized carbons (Fsp3) is 0.133. The molecule has 0 aliphatic rings. The number of pyridine rings is 1. The predicted molar refractivity (Wildman–Crippen MR) is 160 cm³/mol. The monoisotopic (exact) mass is 602 g/mol. The van der Waals surface area contributed by atoms with Gasteiger partial charge in [0, 0.05) is 34.5 Å². The SMILES string of the molecule is CC(C)(C)c1ccc(S(=O)(=O)Nc2ccc3[nH]c(C(=O)Nc4ccncc4Br)c(-c4ccccc4)c3c2)cc1. The van der Waals surface area contributed by atoms with Gasteiger partial charge in [-0.2, -0.15) is 0 Å². The van der Waals surface area contributed by atoms with Crippen LogP contribution in [0.5, 0.6) is 0 Å². The van der Waals surface area contributed by atoms with Crippen molar-refractivity contribution in [2.75, 3.05) is 10.0 Å². The summed E-state index contributed by atoms with van der Waals surface area (Å²) in [5, 5.41) is 3.63. The number of fused-ring (bicyclic) bond motifs is 1. The second kappa shape index (κ2) is 10.3. The Bertz CT molecular complexity index is 1780. The topological polar surface area (TPSA) is 104 Å². The lowest BCUT2D eigenvalue weighted by Gasteiger charge is -2.19. The van der Waals surface area contributed by atoms with Crippen molar-refractivity contribution < 1.29 is 13.2 Å². The summed E-state index contributed by atoms with van der Waals surface area (Å²) < 4.78 is 29.8. The lowest BCUT2D eigenvalue weighted by Crippen LogP contribution is -2.14. The highest BCUT2D eigenvalue weighted by Crippen LogP contribution is 2.35. The first kappa shape index (κ1) is 26.6. The summed E-state index contributed by atoms with van der Waals surface area (Å²) in [6.07, 6.45) is 3.20. The molecule has 9 heteroatoms. The van der Waals surface area contributed by atoms with Crippen LogP contribution in [0.25, 0.3) is 22.0 Å². The highest BCUT2D eigenvalue weighted by atomic mass is 79.9. The fourth-order valence-corrected chi connectivity index (χ4v) is 5.74. The zero-order valence-electron chi connectivity index (χ0n) is 21.6. The molecule has 1 amide bonds. The van der Waals surface area contributed by atoms with E-state index in [1.54, 1.807) is 48.8 Å². The van der Waals surface area contributed by atoms with Crippen LogP contribution in [0.15, 0.2) is 101 Å². The van der Waals surface area contributed by atoms with Crippen LogP contribution in [0.3, 0.4) is 0 Å². The number of anilines is 2. The number of rotatable bonds is 6. The van der Waals surface area contributed by atoms with E-state index in [9.17, 15) is 13.2 Å². The average molecular weight is 604 g/mol. The van der Waals surface area contributed by atoms with Gasteiger partial charge >= 0.3 is 0 Å². The van der Waals surface area contributed by atoms with Crippen molar-refractivity contribution in [3.8, 4) is 11.1 Å². The Morgan fingerprint density at radius 1 is 0.949 bits per heavy atom. The van der Waals surface area contributed by atoms with E-state index < -0.39 is 10.0 Å². The zero-order chi connectivity index (χ0) is 27.8. The summed E-state index contributed by atoms with van der Waals surface area (Å²) in [6.45, 7) is 6.24. The molecule has 0 aliphatic heterocycles. The van der Waals surface area contributed by atoms with Gasteiger partial charge in [-0.05, 0) is 68.9 Å². The number of amides is 1. The average Bonchev–Trinajstić information content (AvgIpc) is 3.29. The number of benzene rings is 3. The van der Waals surface area contributed by atoms with Gasteiger partial charge in [0.2, 0.25) is 0 Å². The summed E-state index contributed by atoms with van der Waals surface area (Å²) >= 11 is 3.41. The zero-order valence-corrected chi connectivity index (χ0v) is 24.0. The molecule has 2 aromatic heterocycles. The Morgan fingerprint density at radius 3 is 2.33 bits per heavy atom.